The van der Waals surface area contributed by atoms with Gasteiger partial charge in [-0.25, -0.2) is 9.78 Å². The molecule has 1 N–H and O–H groups in total. The highest BCUT2D eigenvalue weighted by atomic mass is 32.1. The van der Waals surface area contributed by atoms with Gasteiger partial charge in [0.15, 0.2) is 5.69 Å². The molecule has 5 nitrogen and oxygen atoms in total. The lowest BCUT2D eigenvalue weighted by Crippen LogP contribution is -2.45. The number of nitrogens with zero attached hydrogens (tertiary/aromatic N) is 2. The molecule has 118 valence electrons. The molecule has 0 spiro atoms. The van der Waals surface area contributed by atoms with Gasteiger partial charge in [0, 0.05) is 31.1 Å². The van der Waals surface area contributed by atoms with Crippen LogP contribution in [0, 0.1) is 6.92 Å². The molecule has 0 saturated carbocycles. The maximum absolute atomic E-state index is 11.9. The zero-order chi connectivity index (χ0) is 15.2. The minimum absolute atomic E-state index is 0.298. The van der Waals surface area contributed by atoms with E-state index in [-0.39, 0.29) is 5.97 Å². The van der Waals surface area contributed by atoms with E-state index in [0.29, 0.717) is 18.3 Å². The topological polar surface area (TPSA) is 54.5 Å². The smallest absolute Gasteiger partial charge is 0.358 e. The van der Waals surface area contributed by atoms with Gasteiger partial charge < -0.3 is 10.1 Å². The standard InChI is InChI=1S/C15H25N3O2S/c1-4-6-12(18-9-7-16-8-10-18)14-17-13(11(3)21-14)15(19)20-5-2/h12,16H,4-10H2,1-3H3. The summed E-state index contributed by atoms with van der Waals surface area (Å²) in [6.45, 7) is 10.5. The SMILES string of the molecule is CCCC(c1nc(C(=O)OCC)c(C)s1)N1CCNCC1. The molecule has 0 aliphatic carbocycles. The van der Waals surface area contributed by atoms with E-state index in [1.807, 2.05) is 13.8 Å². The molecule has 2 rings (SSSR count). The molecule has 2 heterocycles. The highest BCUT2D eigenvalue weighted by Gasteiger charge is 2.26. The van der Waals surface area contributed by atoms with Gasteiger partial charge in [0.2, 0.25) is 0 Å². The Morgan fingerprint density at radius 1 is 1.43 bits per heavy atom. The number of aromatic nitrogens is 1. The number of aryl methyl sites for hydroxylation is 1. The second kappa shape index (κ2) is 7.87. The number of piperazine rings is 1. The van der Waals surface area contributed by atoms with Crippen LogP contribution in [0.3, 0.4) is 0 Å². The van der Waals surface area contributed by atoms with E-state index in [9.17, 15) is 4.79 Å². The molecule has 1 fully saturated rings. The first-order chi connectivity index (χ1) is 10.2. The summed E-state index contributed by atoms with van der Waals surface area (Å²) in [6.07, 6.45) is 2.19. The normalized spacial score (nSPS) is 17.7. The zero-order valence-corrected chi connectivity index (χ0v) is 14.0. The number of carbonyl (C=O) groups excluding carboxylic acids is 1. The van der Waals surface area contributed by atoms with Gasteiger partial charge in [0.25, 0.3) is 0 Å². The molecule has 1 aliphatic rings. The summed E-state index contributed by atoms with van der Waals surface area (Å²) in [5.74, 6) is -0.298. The van der Waals surface area contributed by atoms with Gasteiger partial charge in [0.1, 0.15) is 5.01 Å². The van der Waals surface area contributed by atoms with Crippen molar-refractivity contribution in [3.8, 4) is 0 Å². The highest BCUT2D eigenvalue weighted by molar-refractivity contribution is 7.11. The molecule has 0 aromatic carbocycles. The Morgan fingerprint density at radius 3 is 2.76 bits per heavy atom. The Morgan fingerprint density at radius 2 is 2.14 bits per heavy atom. The second-order valence-corrected chi connectivity index (χ2v) is 6.50. The third-order valence-electron chi connectivity index (χ3n) is 3.72. The molecule has 1 aromatic heterocycles. The molecule has 21 heavy (non-hydrogen) atoms. The maximum Gasteiger partial charge on any atom is 0.358 e. The fourth-order valence-corrected chi connectivity index (χ4v) is 3.76. The van der Waals surface area contributed by atoms with E-state index < -0.39 is 0 Å². The van der Waals surface area contributed by atoms with E-state index in [1.165, 1.54) is 0 Å². The van der Waals surface area contributed by atoms with Crippen LogP contribution in [-0.4, -0.2) is 48.6 Å². The molecule has 6 heteroatoms. The van der Waals surface area contributed by atoms with Gasteiger partial charge in [-0.1, -0.05) is 13.3 Å². The molecule has 1 aliphatic heterocycles. The molecule has 0 radical (unpaired) electrons. The summed E-state index contributed by atoms with van der Waals surface area (Å²) in [5, 5.41) is 4.44. The van der Waals surface area contributed by atoms with Crippen molar-refractivity contribution in [2.45, 2.75) is 39.7 Å². The monoisotopic (exact) mass is 311 g/mol. The van der Waals surface area contributed by atoms with E-state index in [1.54, 1.807) is 11.3 Å². The highest BCUT2D eigenvalue weighted by Crippen LogP contribution is 2.31. The van der Waals surface area contributed by atoms with Gasteiger partial charge in [-0.15, -0.1) is 11.3 Å². The van der Waals surface area contributed by atoms with Gasteiger partial charge in [0.05, 0.1) is 12.6 Å². The molecule has 1 atom stereocenters. The van der Waals surface area contributed by atoms with E-state index in [0.717, 1.165) is 48.9 Å². The summed E-state index contributed by atoms with van der Waals surface area (Å²) < 4.78 is 5.09. The lowest BCUT2D eigenvalue weighted by atomic mass is 10.1. The van der Waals surface area contributed by atoms with E-state index in [4.69, 9.17) is 4.74 Å². The van der Waals surface area contributed by atoms with Crippen LogP contribution in [-0.2, 0) is 4.74 Å². The minimum Gasteiger partial charge on any atom is -0.461 e. The predicted molar refractivity (Wildman–Crippen MR) is 84.9 cm³/mol. The van der Waals surface area contributed by atoms with Crippen molar-refractivity contribution >= 4 is 17.3 Å². The van der Waals surface area contributed by atoms with Crippen molar-refractivity contribution < 1.29 is 9.53 Å². The Bertz CT molecular complexity index is 469. The van der Waals surface area contributed by atoms with Crippen LogP contribution in [0.25, 0.3) is 0 Å². The summed E-state index contributed by atoms with van der Waals surface area (Å²) >= 11 is 1.64. The number of nitrogens with one attached hydrogen (secondary N) is 1. The Balaban J connectivity index is 2.19. The lowest BCUT2D eigenvalue weighted by Gasteiger charge is -2.33. The van der Waals surface area contributed by atoms with Crippen LogP contribution in [0.2, 0.25) is 0 Å². The number of esters is 1. The average Bonchev–Trinajstić information content (AvgIpc) is 2.87. The molecular formula is C15H25N3O2S. The summed E-state index contributed by atoms with van der Waals surface area (Å²) in [4.78, 5) is 20.0. The van der Waals surface area contributed by atoms with Gasteiger partial charge in [-0.05, 0) is 20.3 Å². The first kappa shape index (κ1) is 16.4. The number of hydrogen-bond donors (Lipinski definition) is 1. The Labute approximate surface area is 130 Å². The van der Waals surface area contributed by atoms with Gasteiger partial charge >= 0.3 is 5.97 Å². The van der Waals surface area contributed by atoms with Crippen LogP contribution in [0.5, 0.6) is 0 Å². The summed E-state index contributed by atoms with van der Waals surface area (Å²) in [6, 6.07) is 0.323. The van der Waals surface area contributed by atoms with Crippen molar-refractivity contribution in [2.24, 2.45) is 0 Å². The molecule has 1 saturated heterocycles. The third-order valence-corrected chi connectivity index (χ3v) is 4.79. The van der Waals surface area contributed by atoms with E-state index in [2.05, 4.69) is 22.1 Å². The van der Waals surface area contributed by atoms with Crippen molar-refractivity contribution in [2.75, 3.05) is 32.8 Å². The van der Waals surface area contributed by atoms with Crippen molar-refractivity contribution in [3.63, 3.8) is 0 Å². The van der Waals surface area contributed by atoms with Crippen molar-refractivity contribution in [1.82, 2.24) is 15.2 Å². The van der Waals surface area contributed by atoms with Crippen molar-refractivity contribution in [3.05, 3.63) is 15.6 Å². The summed E-state index contributed by atoms with van der Waals surface area (Å²) in [5.41, 5.74) is 0.494. The third kappa shape index (κ3) is 4.02. The average molecular weight is 311 g/mol. The van der Waals surface area contributed by atoms with Crippen LogP contribution in [0.15, 0.2) is 0 Å². The van der Waals surface area contributed by atoms with Crippen LogP contribution in [0.1, 0.15) is 53.1 Å². The van der Waals surface area contributed by atoms with Crippen LogP contribution >= 0.6 is 11.3 Å². The molecule has 1 aromatic rings. The fourth-order valence-electron chi connectivity index (χ4n) is 2.68. The first-order valence-electron chi connectivity index (χ1n) is 7.76. The van der Waals surface area contributed by atoms with Gasteiger partial charge in [-0.3, -0.25) is 4.90 Å². The zero-order valence-electron chi connectivity index (χ0n) is 13.1. The minimum atomic E-state index is -0.298. The predicted octanol–water partition coefficient (Wildman–Crippen LogP) is 2.37. The number of carbonyl (C=O) groups is 1. The fraction of sp³-hybridized carbons (Fsp3) is 0.733. The number of thiazole rings is 1. The largest absolute Gasteiger partial charge is 0.461 e. The quantitative estimate of drug-likeness (QED) is 0.818. The number of ether oxygens (including phenoxy) is 1. The summed E-state index contributed by atoms with van der Waals surface area (Å²) in [7, 11) is 0. The molecule has 0 amide bonds. The lowest BCUT2D eigenvalue weighted by molar-refractivity contribution is 0.0519. The first-order valence-corrected chi connectivity index (χ1v) is 8.58. The Kier molecular flexibility index (Phi) is 6.14. The Hall–Kier alpha value is -0.980. The number of rotatable bonds is 6. The molecule has 0 bridgehead atoms. The van der Waals surface area contributed by atoms with Gasteiger partial charge in [-0.2, -0.15) is 0 Å². The van der Waals surface area contributed by atoms with Crippen LogP contribution in [0.4, 0.5) is 0 Å². The number of hydrogen-bond acceptors (Lipinski definition) is 6. The van der Waals surface area contributed by atoms with Crippen LogP contribution < -0.4 is 5.32 Å². The molecular weight excluding hydrogens is 286 g/mol. The maximum atomic E-state index is 11.9. The second-order valence-electron chi connectivity index (χ2n) is 5.27. The van der Waals surface area contributed by atoms with Crippen molar-refractivity contribution in [1.29, 1.82) is 0 Å². The molecule has 1 unspecified atom stereocenters. The van der Waals surface area contributed by atoms with E-state index >= 15 is 0 Å².